The van der Waals surface area contributed by atoms with Crippen molar-refractivity contribution in [3.05, 3.63) is 58.6 Å². The van der Waals surface area contributed by atoms with Gasteiger partial charge in [0.1, 0.15) is 0 Å². The summed E-state index contributed by atoms with van der Waals surface area (Å²) >= 11 is 5.83. The van der Waals surface area contributed by atoms with E-state index < -0.39 is 5.97 Å². The number of nitrogens with zero attached hydrogens (tertiary/aromatic N) is 2. The Kier molecular flexibility index (Phi) is 4.90. The molecule has 0 fully saturated rings. The number of hydrogen-bond acceptors (Lipinski definition) is 4. The largest absolute Gasteiger partial charge is 0.466 e. The van der Waals surface area contributed by atoms with Crippen LogP contribution < -0.4 is 0 Å². The van der Waals surface area contributed by atoms with Crippen LogP contribution in [-0.4, -0.2) is 28.9 Å². The Morgan fingerprint density at radius 1 is 1.38 bits per heavy atom. The average molecular weight is 305 g/mol. The molecular formula is C15H13ClN2O3. The zero-order valence-corrected chi connectivity index (χ0v) is 12.1. The Morgan fingerprint density at radius 2 is 2.10 bits per heavy atom. The number of aromatic nitrogens is 2. The summed E-state index contributed by atoms with van der Waals surface area (Å²) in [5, 5.41) is 0.615. The first-order valence-corrected chi connectivity index (χ1v) is 6.52. The van der Waals surface area contributed by atoms with Crippen LogP contribution in [-0.2, 0) is 16.1 Å². The maximum Gasteiger partial charge on any atom is 0.335 e. The highest BCUT2D eigenvalue weighted by molar-refractivity contribution is 6.30. The van der Waals surface area contributed by atoms with Crippen LogP contribution in [0.4, 0.5) is 0 Å². The number of esters is 1. The van der Waals surface area contributed by atoms with Crippen LogP contribution >= 0.6 is 11.6 Å². The summed E-state index contributed by atoms with van der Waals surface area (Å²) in [5.41, 5.74) is 1.22. The van der Waals surface area contributed by atoms with Gasteiger partial charge in [-0.1, -0.05) is 23.7 Å². The maximum absolute atomic E-state index is 11.9. The maximum atomic E-state index is 11.9. The monoisotopic (exact) mass is 304 g/mol. The summed E-state index contributed by atoms with van der Waals surface area (Å²) < 4.78 is 6.35. The van der Waals surface area contributed by atoms with Crippen LogP contribution in [0.1, 0.15) is 16.2 Å². The van der Waals surface area contributed by atoms with E-state index in [1.165, 1.54) is 13.3 Å². The van der Waals surface area contributed by atoms with E-state index in [2.05, 4.69) is 4.98 Å². The molecule has 0 unspecified atom stereocenters. The Balaban J connectivity index is 2.32. The molecule has 0 saturated carbocycles. The number of ether oxygens (including phenoxy) is 1. The van der Waals surface area contributed by atoms with Gasteiger partial charge in [-0.05, 0) is 23.8 Å². The van der Waals surface area contributed by atoms with Crippen molar-refractivity contribution in [2.75, 3.05) is 7.11 Å². The van der Waals surface area contributed by atoms with Crippen LogP contribution in [0.3, 0.4) is 0 Å². The molecule has 0 aliphatic rings. The van der Waals surface area contributed by atoms with E-state index in [4.69, 9.17) is 16.3 Å². The van der Waals surface area contributed by atoms with Gasteiger partial charge >= 0.3 is 5.97 Å². The summed E-state index contributed by atoms with van der Waals surface area (Å²) in [7, 11) is 1.31. The molecule has 5 nitrogen and oxygen atoms in total. The van der Waals surface area contributed by atoms with Crippen LogP contribution in [0, 0.1) is 0 Å². The third-order valence-corrected chi connectivity index (χ3v) is 3.10. The van der Waals surface area contributed by atoms with Crippen molar-refractivity contribution in [3.63, 3.8) is 0 Å². The van der Waals surface area contributed by atoms with Gasteiger partial charge in [-0.15, -0.1) is 0 Å². The fourth-order valence-electron chi connectivity index (χ4n) is 1.82. The van der Waals surface area contributed by atoms with Gasteiger partial charge in [0.15, 0.2) is 12.1 Å². The first-order valence-electron chi connectivity index (χ1n) is 6.15. The summed E-state index contributed by atoms with van der Waals surface area (Å²) in [4.78, 5) is 26.6. The molecule has 2 rings (SSSR count). The molecule has 1 aromatic heterocycles. The molecule has 0 aliphatic heterocycles. The zero-order valence-electron chi connectivity index (χ0n) is 11.3. The predicted octanol–water partition coefficient (Wildman–Crippen LogP) is 2.61. The van der Waals surface area contributed by atoms with Gasteiger partial charge in [0.25, 0.3) is 0 Å². The molecule has 0 spiro atoms. The minimum Gasteiger partial charge on any atom is -0.466 e. The predicted molar refractivity (Wildman–Crippen MR) is 79.1 cm³/mol. The SMILES string of the molecule is COC(=O)/C(=C\c1ccc(Cl)cc1)Cn1ccnc1C=O. The fourth-order valence-corrected chi connectivity index (χ4v) is 1.94. The van der Waals surface area contributed by atoms with E-state index in [9.17, 15) is 9.59 Å². The quantitative estimate of drug-likeness (QED) is 0.484. The van der Waals surface area contributed by atoms with Gasteiger partial charge in [-0.25, -0.2) is 9.78 Å². The van der Waals surface area contributed by atoms with E-state index >= 15 is 0 Å². The molecule has 0 atom stereocenters. The summed E-state index contributed by atoms with van der Waals surface area (Å²) in [5.74, 6) is -0.212. The minimum absolute atomic E-state index is 0.198. The van der Waals surface area contributed by atoms with Crippen LogP contribution in [0.5, 0.6) is 0 Å². The molecule has 0 bridgehead atoms. The smallest absolute Gasteiger partial charge is 0.335 e. The molecule has 0 aliphatic carbocycles. The normalized spacial score (nSPS) is 11.2. The summed E-state index contributed by atoms with van der Waals surface area (Å²) in [6.07, 6.45) is 5.46. The van der Waals surface area contributed by atoms with Crippen molar-refractivity contribution in [2.45, 2.75) is 6.54 Å². The molecule has 108 valence electrons. The van der Waals surface area contributed by atoms with Gasteiger partial charge in [-0.2, -0.15) is 0 Å². The highest BCUT2D eigenvalue weighted by Gasteiger charge is 2.12. The van der Waals surface area contributed by atoms with Gasteiger partial charge in [0, 0.05) is 17.4 Å². The minimum atomic E-state index is -0.463. The first-order chi connectivity index (χ1) is 10.1. The first kappa shape index (κ1) is 15.0. The number of aldehydes is 1. The van der Waals surface area contributed by atoms with Gasteiger partial charge in [-0.3, -0.25) is 4.79 Å². The topological polar surface area (TPSA) is 61.2 Å². The lowest BCUT2D eigenvalue weighted by atomic mass is 10.1. The van der Waals surface area contributed by atoms with Crippen molar-refractivity contribution in [1.82, 2.24) is 9.55 Å². The molecule has 2 aromatic rings. The van der Waals surface area contributed by atoms with Crippen molar-refractivity contribution < 1.29 is 14.3 Å². The van der Waals surface area contributed by atoms with Crippen molar-refractivity contribution in [1.29, 1.82) is 0 Å². The second kappa shape index (κ2) is 6.85. The Morgan fingerprint density at radius 3 is 2.71 bits per heavy atom. The van der Waals surface area contributed by atoms with E-state index in [1.807, 2.05) is 0 Å². The molecule has 21 heavy (non-hydrogen) atoms. The average Bonchev–Trinajstić information content (AvgIpc) is 2.95. The van der Waals surface area contributed by atoms with Crippen molar-refractivity contribution in [2.24, 2.45) is 0 Å². The number of rotatable bonds is 5. The molecule has 0 radical (unpaired) electrons. The number of carbonyl (C=O) groups is 2. The number of imidazole rings is 1. The number of hydrogen-bond donors (Lipinski definition) is 0. The highest BCUT2D eigenvalue weighted by atomic mass is 35.5. The fraction of sp³-hybridized carbons (Fsp3) is 0.133. The van der Waals surface area contributed by atoms with Crippen molar-refractivity contribution >= 4 is 29.9 Å². The molecule has 1 heterocycles. The lowest BCUT2D eigenvalue weighted by Crippen LogP contribution is -2.13. The van der Waals surface area contributed by atoms with Gasteiger partial charge < -0.3 is 9.30 Å². The van der Waals surface area contributed by atoms with E-state index in [0.717, 1.165) is 5.56 Å². The van der Waals surface area contributed by atoms with Crippen LogP contribution in [0.25, 0.3) is 6.08 Å². The van der Waals surface area contributed by atoms with E-state index in [-0.39, 0.29) is 12.4 Å². The van der Waals surface area contributed by atoms with E-state index in [0.29, 0.717) is 16.9 Å². The lowest BCUT2D eigenvalue weighted by Gasteiger charge is -2.08. The van der Waals surface area contributed by atoms with Gasteiger partial charge in [0.05, 0.1) is 19.2 Å². The van der Waals surface area contributed by atoms with Crippen LogP contribution in [0.15, 0.2) is 42.2 Å². The van der Waals surface area contributed by atoms with Crippen LogP contribution in [0.2, 0.25) is 5.02 Å². The third kappa shape index (κ3) is 3.79. The zero-order chi connectivity index (χ0) is 15.2. The molecule has 1 aromatic carbocycles. The molecule has 0 saturated heterocycles. The van der Waals surface area contributed by atoms with Gasteiger partial charge in [0.2, 0.25) is 0 Å². The molecule has 0 N–H and O–H groups in total. The number of methoxy groups -OCH3 is 1. The van der Waals surface area contributed by atoms with Crippen molar-refractivity contribution in [3.8, 4) is 0 Å². The number of halogens is 1. The summed E-state index contributed by atoms with van der Waals surface area (Å²) in [6.45, 7) is 0.198. The summed E-state index contributed by atoms with van der Waals surface area (Å²) in [6, 6.07) is 7.05. The third-order valence-electron chi connectivity index (χ3n) is 2.85. The highest BCUT2D eigenvalue weighted by Crippen LogP contribution is 2.14. The molecule has 0 amide bonds. The number of carbonyl (C=O) groups excluding carboxylic acids is 2. The Hall–Kier alpha value is -2.40. The molecular weight excluding hydrogens is 292 g/mol. The standard InChI is InChI=1S/C15H13ClN2O3/c1-21-15(20)12(8-11-2-4-13(16)5-3-11)9-18-7-6-17-14(18)10-19/h2-8,10H,9H2,1H3/b12-8-. The molecule has 6 heteroatoms. The van der Waals surface area contributed by atoms with E-state index in [1.54, 1.807) is 41.1 Å². The Labute approximate surface area is 126 Å². The Bertz CT molecular complexity index is 674. The lowest BCUT2D eigenvalue weighted by molar-refractivity contribution is -0.136. The second-order valence-electron chi connectivity index (χ2n) is 4.24. The number of benzene rings is 1. The second-order valence-corrected chi connectivity index (χ2v) is 4.68.